The highest BCUT2D eigenvalue weighted by molar-refractivity contribution is 6.19. The zero-order chi connectivity index (χ0) is 29.1. The molecule has 5 rings (SSSR count). The molecule has 0 spiro atoms. The van der Waals surface area contributed by atoms with Gasteiger partial charge in [-0.1, -0.05) is 30.3 Å². The fraction of sp³-hybridized carbons (Fsp3) is 0.303. The van der Waals surface area contributed by atoms with Crippen LogP contribution in [0.15, 0.2) is 79.3 Å². The number of pyridine rings is 2. The van der Waals surface area contributed by atoms with Gasteiger partial charge >= 0.3 is 0 Å². The molecule has 1 aliphatic rings. The topological polar surface area (TPSA) is 86.7 Å². The summed E-state index contributed by atoms with van der Waals surface area (Å²) in [7, 11) is 1.71. The van der Waals surface area contributed by atoms with Crippen molar-refractivity contribution in [2.45, 2.75) is 40.2 Å². The summed E-state index contributed by atoms with van der Waals surface area (Å²) in [6.45, 7) is 6.56. The lowest BCUT2D eigenvalue weighted by Gasteiger charge is -2.27. The van der Waals surface area contributed by atoms with E-state index in [9.17, 15) is 14.4 Å². The minimum absolute atomic E-state index is 0. The number of carbonyl (C=O) groups is 3. The summed E-state index contributed by atoms with van der Waals surface area (Å²) in [5, 5.41) is 0.996. The molecular weight excluding hydrogens is 585 g/mol. The first-order valence-corrected chi connectivity index (χ1v) is 13.9. The monoisotopic (exact) mass is 621 g/mol. The second-order valence-corrected chi connectivity index (χ2v) is 11.0. The molecule has 0 unspecified atom stereocenters. The van der Waals surface area contributed by atoms with Crippen LogP contribution in [0.2, 0.25) is 0 Å². The Morgan fingerprint density at radius 2 is 1.65 bits per heavy atom. The summed E-state index contributed by atoms with van der Waals surface area (Å²) in [6.07, 6.45) is 6.20. The molecule has 3 amide bonds. The van der Waals surface area contributed by atoms with Crippen molar-refractivity contribution in [2.75, 3.05) is 29.9 Å². The number of para-hydroxylation sites is 1. The van der Waals surface area contributed by atoms with Crippen molar-refractivity contribution >= 4 is 64.8 Å². The lowest BCUT2D eigenvalue weighted by atomic mass is 9.90. The predicted octanol–water partition coefficient (Wildman–Crippen LogP) is 5.64. The van der Waals surface area contributed by atoms with E-state index in [1.165, 1.54) is 0 Å². The van der Waals surface area contributed by atoms with Crippen molar-refractivity contribution in [1.82, 2.24) is 14.9 Å². The molecule has 0 radical (unpaired) electrons. The van der Waals surface area contributed by atoms with Gasteiger partial charge in [0.15, 0.2) is 0 Å². The van der Waals surface area contributed by atoms with Crippen molar-refractivity contribution in [3.63, 3.8) is 0 Å². The molecule has 0 N–H and O–H groups in total. The SMILES string of the molecule is CCN1C(=O)C(C)(C)C(=O)N(C)c2cc(CN(CCc3cccnc3)C(=O)Cc3cnc4ccccc4c3)ccc21.Cl.Cl. The van der Waals surface area contributed by atoms with Crippen LogP contribution >= 0.6 is 24.8 Å². The average Bonchev–Trinajstić information content (AvgIpc) is 3.03. The Hall–Kier alpha value is -4.01. The number of aromatic nitrogens is 2. The molecule has 0 aliphatic carbocycles. The Morgan fingerprint density at radius 1 is 0.884 bits per heavy atom. The molecular formula is C33H37Cl2N5O3. The first-order chi connectivity index (χ1) is 19.7. The third-order valence-corrected chi connectivity index (χ3v) is 7.75. The number of fused-ring (bicyclic) bond motifs is 2. The number of anilines is 2. The zero-order valence-corrected chi connectivity index (χ0v) is 26.5. The molecule has 4 aromatic rings. The molecule has 10 heteroatoms. The number of halogens is 2. The Bertz CT molecular complexity index is 1610. The maximum Gasteiger partial charge on any atom is 0.242 e. The Labute approximate surface area is 264 Å². The fourth-order valence-electron chi connectivity index (χ4n) is 5.37. The van der Waals surface area contributed by atoms with Gasteiger partial charge in [0.25, 0.3) is 0 Å². The normalized spacial score (nSPS) is 14.0. The smallest absolute Gasteiger partial charge is 0.242 e. The Morgan fingerprint density at radius 3 is 2.37 bits per heavy atom. The third kappa shape index (κ3) is 6.98. The largest absolute Gasteiger partial charge is 0.338 e. The van der Waals surface area contributed by atoms with Gasteiger partial charge in [-0.3, -0.25) is 24.4 Å². The van der Waals surface area contributed by atoms with Crippen LogP contribution in [0.25, 0.3) is 10.9 Å². The van der Waals surface area contributed by atoms with Crippen LogP contribution in [0, 0.1) is 5.41 Å². The van der Waals surface area contributed by atoms with E-state index in [1.54, 1.807) is 43.1 Å². The van der Waals surface area contributed by atoms with Crippen molar-refractivity contribution in [3.8, 4) is 0 Å². The molecule has 2 aromatic carbocycles. The molecule has 0 atom stereocenters. The van der Waals surface area contributed by atoms with Crippen LogP contribution in [0.5, 0.6) is 0 Å². The molecule has 0 saturated heterocycles. The zero-order valence-electron chi connectivity index (χ0n) is 24.8. The van der Waals surface area contributed by atoms with Gasteiger partial charge < -0.3 is 14.7 Å². The van der Waals surface area contributed by atoms with E-state index in [-0.39, 0.29) is 49.0 Å². The summed E-state index contributed by atoms with van der Waals surface area (Å²) in [5.74, 6) is -0.498. The second-order valence-electron chi connectivity index (χ2n) is 11.0. The molecule has 3 heterocycles. The van der Waals surface area contributed by atoms with E-state index in [0.29, 0.717) is 37.4 Å². The summed E-state index contributed by atoms with van der Waals surface area (Å²) in [6, 6.07) is 19.5. The lowest BCUT2D eigenvalue weighted by molar-refractivity contribution is -0.137. The maximum absolute atomic E-state index is 13.7. The van der Waals surface area contributed by atoms with Gasteiger partial charge in [0.05, 0.1) is 23.3 Å². The van der Waals surface area contributed by atoms with Crippen molar-refractivity contribution in [2.24, 2.45) is 5.41 Å². The van der Waals surface area contributed by atoms with E-state index < -0.39 is 5.41 Å². The van der Waals surface area contributed by atoms with Crippen molar-refractivity contribution in [1.29, 1.82) is 0 Å². The van der Waals surface area contributed by atoms with Gasteiger partial charge in [-0.25, -0.2) is 0 Å². The number of rotatable bonds is 8. The van der Waals surface area contributed by atoms with Gasteiger partial charge in [-0.15, -0.1) is 24.8 Å². The van der Waals surface area contributed by atoms with Crippen LogP contribution < -0.4 is 9.80 Å². The van der Waals surface area contributed by atoms with Gasteiger partial charge in [0.1, 0.15) is 5.41 Å². The van der Waals surface area contributed by atoms with E-state index >= 15 is 0 Å². The number of carbonyl (C=O) groups excluding carboxylic acids is 3. The van der Waals surface area contributed by atoms with Gasteiger partial charge in [-0.2, -0.15) is 0 Å². The summed E-state index contributed by atoms with van der Waals surface area (Å²) < 4.78 is 0. The molecule has 0 fully saturated rings. The maximum atomic E-state index is 13.7. The van der Waals surface area contributed by atoms with Gasteiger partial charge in [-0.05, 0) is 74.2 Å². The molecule has 2 aromatic heterocycles. The van der Waals surface area contributed by atoms with Crippen molar-refractivity contribution in [3.05, 3.63) is 95.9 Å². The first kappa shape index (κ1) is 33.5. The quantitative estimate of drug-likeness (QED) is 0.238. The molecule has 1 aliphatic heterocycles. The highest BCUT2D eigenvalue weighted by atomic mass is 35.5. The standard InChI is InChI=1S/C33H35N5O3.2ClH/c1-5-38-28-13-12-24(18-29(28)36(4)31(40)33(2,3)32(38)41)22-37(16-14-23-9-8-15-34-20-23)30(39)19-25-17-26-10-6-7-11-27(26)35-21-25;;/h6-13,15,17-18,20-21H,5,14,16,19,22H2,1-4H3;2*1H. The van der Waals surface area contributed by atoms with E-state index in [4.69, 9.17) is 0 Å². The highest BCUT2D eigenvalue weighted by Gasteiger charge is 2.45. The van der Waals surface area contributed by atoms with Crippen LogP contribution in [0.3, 0.4) is 0 Å². The first-order valence-electron chi connectivity index (χ1n) is 13.9. The van der Waals surface area contributed by atoms with E-state index in [2.05, 4.69) is 9.97 Å². The number of benzene rings is 2. The Balaban J connectivity index is 0.00000253. The summed E-state index contributed by atoms with van der Waals surface area (Å²) in [4.78, 5) is 54.1. The second kappa shape index (κ2) is 14.0. The highest BCUT2D eigenvalue weighted by Crippen LogP contribution is 2.39. The molecule has 0 saturated carbocycles. The Kier molecular flexibility index (Phi) is 10.9. The van der Waals surface area contributed by atoms with Crippen LogP contribution in [0.4, 0.5) is 11.4 Å². The number of nitrogens with zero attached hydrogens (tertiary/aromatic N) is 5. The number of hydrogen-bond acceptors (Lipinski definition) is 5. The summed E-state index contributed by atoms with van der Waals surface area (Å²) >= 11 is 0. The van der Waals surface area contributed by atoms with E-state index in [1.807, 2.05) is 78.7 Å². The third-order valence-electron chi connectivity index (χ3n) is 7.75. The fourth-order valence-corrected chi connectivity index (χ4v) is 5.37. The molecule has 43 heavy (non-hydrogen) atoms. The average molecular weight is 623 g/mol. The van der Waals surface area contributed by atoms with Gasteiger partial charge in [0, 0.05) is 50.7 Å². The predicted molar refractivity (Wildman–Crippen MR) is 175 cm³/mol. The number of hydrogen-bond donors (Lipinski definition) is 0. The van der Waals surface area contributed by atoms with Crippen LogP contribution in [-0.2, 0) is 33.8 Å². The minimum atomic E-state index is -1.18. The molecule has 0 bridgehead atoms. The minimum Gasteiger partial charge on any atom is -0.338 e. The van der Waals surface area contributed by atoms with Gasteiger partial charge in [0.2, 0.25) is 17.7 Å². The van der Waals surface area contributed by atoms with Crippen molar-refractivity contribution < 1.29 is 14.4 Å². The summed E-state index contributed by atoms with van der Waals surface area (Å²) in [5.41, 5.74) is 3.84. The van der Waals surface area contributed by atoms with Crippen LogP contribution in [0.1, 0.15) is 37.5 Å². The van der Waals surface area contributed by atoms with Crippen LogP contribution in [-0.4, -0.2) is 52.7 Å². The lowest BCUT2D eigenvalue weighted by Crippen LogP contribution is -2.47. The molecule has 226 valence electrons. The van der Waals surface area contributed by atoms with E-state index in [0.717, 1.165) is 27.6 Å². The number of amides is 3. The molecule has 8 nitrogen and oxygen atoms in total.